The highest BCUT2D eigenvalue weighted by molar-refractivity contribution is 5.70. The SMILES string of the molecule is CCOC(=O)CCN(C)c1ccc(C#N)c(C)c1. The Hall–Kier alpha value is -2.02. The van der Waals surface area contributed by atoms with Crippen LogP contribution in [-0.4, -0.2) is 26.2 Å². The average molecular weight is 246 g/mol. The molecule has 0 unspecified atom stereocenters. The third kappa shape index (κ3) is 3.77. The van der Waals surface area contributed by atoms with Crippen molar-refractivity contribution in [1.29, 1.82) is 5.26 Å². The van der Waals surface area contributed by atoms with Crippen LogP contribution in [0, 0.1) is 18.3 Å². The van der Waals surface area contributed by atoms with E-state index in [2.05, 4.69) is 6.07 Å². The summed E-state index contributed by atoms with van der Waals surface area (Å²) in [5.74, 6) is -0.185. The van der Waals surface area contributed by atoms with Crippen LogP contribution in [0.2, 0.25) is 0 Å². The molecule has 1 rings (SSSR count). The molecule has 4 heteroatoms. The number of ether oxygens (including phenoxy) is 1. The van der Waals surface area contributed by atoms with Gasteiger partial charge in [-0.2, -0.15) is 5.26 Å². The van der Waals surface area contributed by atoms with Crippen LogP contribution < -0.4 is 4.90 Å². The van der Waals surface area contributed by atoms with E-state index < -0.39 is 0 Å². The van der Waals surface area contributed by atoms with Crippen molar-refractivity contribution >= 4 is 11.7 Å². The Morgan fingerprint density at radius 1 is 1.50 bits per heavy atom. The largest absolute Gasteiger partial charge is 0.466 e. The summed E-state index contributed by atoms with van der Waals surface area (Å²) >= 11 is 0. The van der Waals surface area contributed by atoms with E-state index in [-0.39, 0.29) is 5.97 Å². The molecule has 0 atom stereocenters. The molecule has 0 saturated carbocycles. The summed E-state index contributed by atoms with van der Waals surface area (Å²) in [6.07, 6.45) is 0.364. The summed E-state index contributed by atoms with van der Waals surface area (Å²) in [7, 11) is 1.92. The molecule has 0 N–H and O–H groups in total. The lowest BCUT2D eigenvalue weighted by atomic mass is 10.1. The van der Waals surface area contributed by atoms with Gasteiger partial charge in [-0.25, -0.2) is 0 Å². The lowest BCUT2D eigenvalue weighted by molar-refractivity contribution is -0.142. The smallest absolute Gasteiger partial charge is 0.307 e. The second-order valence-electron chi connectivity index (χ2n) is 4.09. The topological polar surface area (TPSA) is 53.3 Å². The van der Waals surface area contributed by atoms with Crippen LogP contribution in [0.3, 0.4) is 0 Å². The lowest BCUT2D eigenvalue weighted by Crippen LogP contribution is -2.22. The number of hydrogen-bond donors (Lipinski definition) is 0. The highest BCUT2D eigenvalue weighted by atomic mass is 16.5. The molecule has 4 nitrogen and oxygen atoms in total. The number of rotatable bonds is 5. The lowest BCUT2D eigenvalue weighted by Gasteiger charge is -2.19. The average Bonchev–Trinajstić information content (AvgIpc) is 2.36. The number of benzene rings is 1. The quantitative estimate of drug-likeness (QED) is 0.748. The van der Waals surface area contributed by atoms with Crippen molar-refractivity contribution in [2.24, 2.45) is 0 Å². The van der Waals surface area contributed by atoms with Crippen molar-refractivity contribution in [3.8, 4) is 6.07 Å². The Morgan fingerprint density at radius 3 is 2.78 bits per heavy atom. The Kier molecular flexibility index (Phi) is 5.19. The normalized spacial score (nSPS) is 9.67. The van der Waals surface area contributed by atoms with E-state index in [1.54, 1.807) is 13.0 Å². The molecule has 0 aliphatic carbocycles. The fourth-order valence-corrected chi connectivity index (χ4v) is 1.63. The van der Waals surface area contributed by atoms with Crippen LogP contribution >= 0.6 is 0 Å². The minimum Gasteiger partial charge on any atom is -0.466 e. The number of nitriles is 1. The third-order valence-electron chi connectivity index (χ3n) is 2.73. The van der Waals surface area contributed by atoms with Crippen LogP contribution in [0.15, 0.2) is 18.2 Å². The number of aryl methyl sites for hydroxylation is 1. The number of anilines is 1. The molecule has 0 heterocycles. The molecule has 0 saturated heterocycles. The van der Waals surface area contributed by atoms with Gasteiger partial charge in [0.1, 0.15) is 0 Å². The fourth-order valence-electron chi connectivity index (χ4n) is 1.63. The zero-order valence-electron chi connectivity index (χ0n) is 11.1. The van der Waals surface area contributed by atoms with E-state index in [1.165, 1.54) is 0 Å². The molecular weight excluding hydrogens is 228 g/mol. The van der Waals surface area contributed by atoms with Gasteiger partial charge in [0.25, 0.3) is 0 Å². The van der Waals surface area contributed by atoms with Gasteiger partial charge >= 0.3 is 5.97 Å². The first-order valence-corrected chi connectivity index (χ1v) is 5.96. The molecule has 0 spiro atoms. The Bertz CT molecular complexity index is 463. The first-order valence-electron chi connectivity index (χ1n) is 5.96. The summed E-state index contributed by atoms with van der Waals surface area (Å²) in [4.78, 5) is 13.2. The number of esters is 1. The summed E-state index contributed by atoms with van der Waals surface area (Å²) in [6.45, 7) is 4.72. The Labute approximate surface area is 108 Å². The Balaban J connectivity index is 2.62. The number of hydrogen-bond acceptors (Lipinski definition) is 4. The predicted molar refractivity (Wildman–Crippen MR) is 70.4 cm³/mol. The monoisotopic (exact) mass is 246 g/mol. The zero-order valence-corrected chi connectivity index (χ0v) is 11.1. The number of carbonyl (C=O) groups excluding carboxylic acids is 1. The molecule has 96 valence electrons. The van der Waals surface area contributed by atoms with Crippen LogP contribution in [-0.2, 0) is 9.53 Å². The maximum atomic E-state index is 11.3. The molecular formula is C14H18N2O2. The van der Waals surface area contributed by atoms with Gasteiger partial charge in [0.15, 0.2) is 0 Å². The highest BCUT2D eigenvalue weighted by Crippen LogP contribution is 2.17. The van der Waals surface area contributed by atoms with Gasteiger partial charge in [-0.3, -0.25) is 4.79 Å². The standard InChI is InChI=1S/C14H18N2O2/c1-4-18-14(17)7-8-16(3)13-6-5-12(10-15)11(2)9-13/h5-6,9H,4,7-8H2,1-3H3. The van der Waals surface area contributed by atoms with Gasteiger partial charge in [0, 0.05) is 19.3 Å². The van der Waals surface area contributed by atoms with Crippen molar-refractivity contribution in [3.63, 3.8) is 0 Å². The van der Waals surface area contributed by atoms with E-state index in [9.17, 15) is 4.79 Å². The first kappa shape index (κ1) is 14.0. The third-order valence-corrected chi connectivity index (χ3v) is 2.73. The second kappa shape index (κ2) is 6.65. The van der Waals surface area contributed by atoms with Crippen molar-refractivity contribution in [2.45, 2.75) is 20.3 Å². The molecule has 1 aromatic carbocycles. The highest BCUT2D eigenvalue weighted by Gasteiger charge is 2.07. The van der Waals surface area contributed by atoms with Crippen molar-refractivity contribution in [2.75, 3.05) is 25.1 Å². The molecule has 0 aliphatic heterocycles. The molecule has 1 aromatic rings. The summed E-state index contributed by atoms with van der Waals surface area (Å²) in [5, 5.41) is 8.86. The van der Waals surface area contributed by atoms with Crippen LogP contribution in [0.1, 0.15) is 24.5 Å². The molecule has 0 fully saturated rings. The van der Waals surface area contributed by atoms with Gasteiger partial charge in [-0.1, -0.05) is 0 Å². The van der Waals surface area contributed by atoms with Gasteiger partial charge < -0.3 is 9.64 Å². The van der Waals surface area contributed by atoms with Gasteiger partial charge in [0.2, 0.25) is 0 Å². The van der Waals surface area contributed by atoms with Gasteiger partial charge in [-0.05, 0) is 37.6 Å². The molecule has 0 amide bonds. The van der Waals surface area contributed by atoms with Crippen LogP contribution in [0.4, 0.5) is 5.69 Å². The maximum absolute atomic E-state index is 11.3. The molecule has 0 bridgehead atoms. The summed E-state index contributed by atoms with van der Waals surface area (Å²) < 4.78 is 4.88. The van der Waals surface area contributed by atoms with E-state index in [1.807, 2.05) is 31.0 Å². The predicted octanol–water partition coefficient (Wildman–Crippen LogP) is 2.26. The molecule has 18 heavy (non-hydrogen) atoms. The van der Waals surface area contributed by atoms with Gasteiger partial charge in [0.05, 0.1) is 24.7 Å². The minimum absolute atomic E-state index is 0.185. The van der Waals surface area contributed by atoms with Crippen molar-refractivity contribution in [3.05, 3.63) is 29.3 Å². The molecule has 0 aromatic heterocycles. The fraction of sp³-hybridized carbons (Fsp3) is 0.429. The number of carbonyl (C=O) groups is 1. The van der Waals surface area contributed by atoms with Crippen molar-refractivity contribution < 1.29 is 9.53 Å². The minimum atomic E-state index is -0.185. The van der Waals surface area contributed by atoms with Crippen LogP contribution in [0.25, 0.3) is 0 Å². The summed E-state index contributed by atoms with van der Waals surface area (Å²) in [5.41, 5.74) is 2.62. The second-order valence-corrected chi connectivity index (χ2v) is 4.09. The zero-order chi connectivity index (χ0) is 13.5. The van der Waals surface area contributed by atoms with Crippen LogP contribution in [0.5, 0.6) is 0 Å². The van der Waals surface area contributed by atoms with E-state index >= 15 is 0 Å². The van der Waals surface area contributed by atoms with E-state index in [0.29, 0.717) is 25.1 Å². The Morgan fingerprint density at radius 2 is 2.22 bits per heavy atom. The van der Waals surface area contributed by atoms with Crippen molar-refractivity contribution in [1.82, 2.24) is 0 Å². The number of nitrogens with zero attached hydrogens (tertiary/aromatic N) is 2. The summed E-state index contributed by atoms with van der Waals surface area (Å²) in [6, 6.07) is 7.77. The first-order chi connectivity index (χ1) is 8.58. The molecule has 0 radical (unpaired) electrons. The van der Waals surface area contributed by atoms with E-state index in [4.69, 9.17) is 10.00 Å². The molecule has 0 aliphatic rings. The van der Waals surface area contributed by atoms with Gasteiger partial charge in [-0.15, -0.1) is 0 Å². The van der Waals surface area contributed by atoms with E-state index in [0.717, 1.165) is 11.3 Å². The maximum Gasteiger partial charge on any atom is 0.307 e.